The third-order valence-corrected chi connectivity index (χ3v) is 31.7. The lowest BCUT2D eigenvalue weighted by Crippen LogP contribution is -2.75. The quantitative estimate of drug-likeness (QED) is 0.0180. The fourth-order valence-electron chi connectivity index (χ4n) is 22.9. The first-order chi connectivity index (χ1) is 64.5. The molecule has 4 heterocycles. The summed E-state index contributed by atoms with van der Waals surface area (Å²) in [7, 11) is 1.68. The van der Waals surface area contributed by atoms with Crippen LogP contribution in [0, 0.1) is 84.0 Å². The van der Waals surface area contributed by atoms with E-state index < -0.39 is 23.3 Å². The van der Waals surface area contributed by atoms with Crippen molar-refractivity contribution < 1.29 is 103 Å². The van der Waals surface area contributed by atoms with Crippen LogP contribution in [0.2, 0.25) is 30.1 Å². The number of carbonyl (C=O) groups is 10. The highest BCUT2D eigenvalue weighted by atomic mass is 35.5. The molecule has 16 saturated carbocycles. The van der Waals surface area contributed by atoms with Gasteiger partial charge in [-0.25, -0.2) is 27.5 Å². The molecule has 16 aliphatic rings. The summed E-state index contributed by atoms with van der Waals surface area (Å²) in [6.45, 7) is 6.51. The van der Waals surface area contributed by atoms with E-state index in [0.29, 0.717) is 76.5 Å². The van der Waals surface area contributed by atoms with E-state index in [9.17, 15) is 65.5 Å². The predicted molar refractivity (Wildman–Crippen MR) is 500 cm³/mol. The summed E-state index contributed by atoms with van der Waals surface area (Å²) in [6.07, 6.45) is 19.3. The van der Waals surface area contributed by atoms with Crippen molar-refractivity contribution in [1.82, 2.24) is 36.6 Å². The van der Waals surface area contributed by atoms with E-state index in [4.69, 9.17) is 107 Å². The second kappa shape index (κ2) is 39.4. The molecule has 16 aliphatic carbocycles. The summed E-state index contributed by atoms with van der Waals surface area (Å²) in [6, 6.07) is 26.3. The number of ether oxygens (including phenoxy) is 6. The number of amides is 5. The zero-order chi connectivity index (χ0) is 96.9. The second-order valence-corrected chi connectivity index (χ2v) is 43.7. The van der Waals surface area contributed by atoms with E-state index in [1.807, 2.05) is 26.2 Å². The largest absolute Gasteiger partial charge is 0.484 e. The average molecular weight is 2030 g/mol. The smallest absolute Gasteiger partial charge is 0.258 e. The van der Waals surface area contributed by atoms with Crippen LogP contribution in [0.5, 0.6) is 28.7 Å². The minimum absolute atomic E-state index is 0.00484. The Bertz CT molecular complexity index is 5800. The number of benzene rings is 5. The maximum absolute atomic E-state index is 13.4. The normalized spacial score (nSPS) is 26.9. The molecule has 2 atom stereocenters. The number of methoxy groups -OCH3 is 1. The van der Waals surface area contributed by atoms with Gasteiger partial charge in [0.2, 0.25) is 0 Å². The molecular formula is C99H99Cl6F4N7O18S2. The summed E-state index contributed by atoms with van der Waals surface area (Å²) in [5.74, 6) is 0.481. The van der Waals surface area contributed by atoms with E-state index in [1.165, 1.54) is 77.5 Å². The van der Waals surface area contributed by atoms with Gasteiger partial charge in [-0.15, -0.1) is 22.7 Å². The molecule has 2 unspecified atom stereocenters. The molecule has 4 aromatic heterocycles. The second-order valence-electron chi connectivity index (χ2n) is 39.3. The van der Waals surface area contributed by atoms with Crippen molar-refractivity contribution in [2.24, 2.45) is 33.0 Å². The predicted octanol–water partition coefficient (Wildman–Crippen LogP) is 20.2. The lowest BCUT2D eigenvalue weighted by atomic mass is 9.38. The average Bonchev–Trinajstić information content (AvgIpc) is 0.821. The van der Waals surface area contributed by atoms with Crippen LogP contribution in [0.25, 0.3) is 0 Å². The minimum atomic E-state index is -0.590. The van der Waals surface area contributed by atoms with Crippen molar-refractivity contribution in [2.45, 2.75) is 209 Å². The van der Waals surface area contributed by atoms with Crippen molar-refractivity contribution in [3.63, 3.8) is 0 Å². The first kappa shape index (κ1) is 99.1. The van der Waals surface area contributed by atoms with Crippen molar-refractivity contribution >= 4 is 151 Å². The molecule has 10 bridgehead atoms. The number of Topliss-reactive ketones (excluding diaryl/α,β-unsaturated/α-hetero) is 5. The van der Waals surface area contributed by atoms with Gasteiger partial charge in [0.15, 0.2) is 61.9 Å². The van der Waals surface area contributed by atoms with Gasteiger partial charge in [-0.1, -0.05) is 76.0 Å². The Kier molecular flexibility index (Phi) is 28.7. The van der Waals surface area contributed by atoms with Gasteiger partial charge in [-0.3, -0.25) is 47.9 Å². The van der Waals surface area contributed by atoms with Gasteiger partial charge in [0.05, 0.1) is 69.2 Å². The van der Waals surface area contributed by atoms with E-state index >= 15 is 0 Å². The van der Waals surface area contributed by atoms with Crippen molar-refractivity contribution in [3.05, 3.63) is 224 Å². The zero-order valence-corrected chi connectivity index (χ0v) is 81.1. The third-order valence-electron chi connectivity index (χ3n) is 28.0. The Hall–Kier alpha value is -9.96. The standard InChI is InChI=1S/C21H25ClFNO4.2C20H19ClFNO4.C19H18Cl2N2O3S.C19H18ClFN2O3S/c1-27-18-4-2-3-14(18)17(25)8-20-10-21(11-20,12-20)24-19(26)9-28-13-5-6-15(22)16(23)7-13;1-12-2-5-17(27-12)16(24)7-19-9-20(10-19,11-19)23-18(25)8-26-13-3-4-14(21)15(22)6-13;1-12-14(4-5-26-12)17(24)7-19-9-20(10-19,11-19)23-18(25)8-27-13-2-3-15(21)16(22)6-13;1-11-22-15(7-27-11)16(24)5-18-8-19(9-18,10-18)23-17(25)6-26-12-2-3-13(20)14(21)4-12;1-11-17(27-10-22-11)15(24)5-18-7-19(8-18,9-18)23-16(25)6-26-12-2-3-13(20)14(21)4-12/h5-7,14,18H,2-4,8-12H2,1H3,(H,24,26);2*2-6H,7-11H2,1H3,(H,23,25);2-4,7H,5-6,8-10H2,1H3,(H,23,25);2-4,10H,5-9H2,1H3,(H,23,25). The number of aryl methyl sites for hydroxylation is 4. The molecule has 16 fully saturated rings. The number of rotatable bonds is 36. The monoisotopic (exact) mass is 2020 g/mol. The topological polar surface area (TPSA) is 338 Å². The van der Waals surface area contributed by atoms with Gasteiger partial charge in [0.25, 0.3) is 29.5 Å². The molecule has 25 rings (SSSR count). The van der Waals surface area contributed by atoms with Gasteiger partial charge in [-0.05, 0) is 243 Å². The number of nitrogens with one attached hydrogen (secondary N) is 5. The number of carbonyl (C=O) groups excluding carboxylic acids is 10. The summed E-state index contributed by atoms with van der Waals surface area (Å²) in [4.78, 5) is 132. The molecule has 25 nitrogen and oxygen atoms in total. The lowest BCUT2D eigenvalue weighted by molar-refractivity contribution is -0.175. The number of thiazole rings is 2. The number of nitrogens with zero attached hydrogens (tertiary/aromatic N) is 2. The molecule has 37 heteroatoms. The SMILES string of the molecule is COC1CCCC1C(=O)CC12CC(NC(=O)COc3ccc(Cl)c(F)c3)(C1)C2.Cc1ccc(C(=O)CC23CC(NC(=O)COc4ccc(Cl)c(F)c4)(C2)C3)o1.Cc1nc(C(=O)CC23CC(NC(=O)COc4ccc(Cl)c(Cl)c4)(C2)C3)cs1.Cc1ncsc1C(=O)CC12CC(NC(=O)COc3ccc(Cl)c(F)c3)(C1)C2.Cc1occc1C(=O)CC12CC(NC(=O)COc3ccc(Cl)c(F)c3)(C1)C2. The van der Waals surface area contributed by atoms with Crippen molar-refractivity contribution in [2.75, 3.05) is 40.1 Å². The van der Waals surface area contributed by atoms with Crippen molar-refractivity contribution in [1.29, 1.82) is 0 Å². The van der Waals surface area contributed by atoms with Gasteiger partial charge in [-0.2, -0.15) is 0 Å². The fraction of sp³-hybridized carbons (Fsp3) is 0.455. The van der Waals surface area contributed by atoms with E-state index in [2.05, 4.69) is 36.6 Å². The molecular weight excluding hydrogens is 1930 g/mol. The molecule has 720 valence electrons. The fourth-order valence-corrected chi connectivity index (χ4v) is 25.1. The number of furan rings is 2. The van der Waals surface area contributed by atoms with Crippen LogP contribution in [0.4, 0.5) is 17.6 Å². The molecule has 5 N–H and O–H groups in total. The Labute approximate surface area is 819 Å². The van der Waals surface area contributed by atoms with E-state index in [0.717, 1.165) is 161 Å². The molecule has 0 saturated heterocycles. The molecule has 0 aliphatic heterocycles. The number of halogens is 10. The summed E-state index contributed by atoms with van der Waals surface area (Å²) < 4.78 is 96.3. The van der Waals surface area contributed by atoms with Crippen LogP contribution in [-0.2, 0) is 33.5 Å². The summed E-state index contributed by atoms with van der Waals surface area (Å²) in [5.41, 5.74) is 2.74. The Balaban J connectivity index is 0.000000123. The van der Waals surface area contributed by atoms with Crippen LogP contribution in [0.15, 0.2) is 135 Å². The maximum atomic E-state index is 13.4. The molecule has 0 radical (unpaired) electrons. The molecule has 0 spiro atoms. The third kappa shape index (κ3) is 22.3. The van der Waals surface area contributed by atoms with Crippen LogP contribution in [0.1, 0.15) is 211 Å². The Morgan fingerprint density at radius 2 is 0.779 bits per heavy atom. The zero-order valence-electron chi connectivity index (χ0n) is 74.9. The number of hydrogen-bond donors (Lipinski definition) is 5. The lowest BCUT2D eigenvalue weighted by Gasteiger charge is -2.70. The Morgan fingerprint density at radius 1 is 0.419 bits per heavy atom. The van der Waals surface area contributed by atoms with Gasteiger partial charge >= 0.3 is 0 Å². The number of aromatic nitrogens is 2. The Morgan fingerprint density at radius 3 is 1.10 bits per heavy atom. The first-order valence-corrected chi connectivity index (χ1v) is 48.6. The van der Waals surface area contributed by atoms with Gasteiger partial charge in [0.1, 0.15) is 75.0 Å². The molecule has 5 aromatic carbocycles. The molecule has 9 aromatic rings. The highest BCUT2D eigenvalue weighted by Crippen LogP contribution is 2.73. The molecule has 136 heavy (non-hydrogen) atoms. The summed E-state index contributed by atoms with van der Waals surface area (Å²) in [5, 5.41) is 18.6. The minimum Gasteiger partial charge on any atom is -0.484 e. The van der Waals surface area contributed by atoms with Crippen LogP contribution in [0.3, 0.4) is 0 Å². The number of hydrogen-bond acceptors (Lipinski definition) is 22. The summed E-state index contributed by atoms with van der Waals surface area (Å²) >= 11 is 37.1. The number of ketones is 5. The molecule has 5 amide bonds. The van der Waals surface area contributed by atoms with Gasteiger partial charge in [0, 0.05) is 109 Å². The van der Waals surface area contributed by atoms with Crippen LogP contribution >= 0.6 is 92.3 Å². The van der Waals surface area contributed by atoms with Crippen molar-refractivity contribution in [3.8, 4) is 28.7 Å². The van der Waals surface area contributed by atoms with Gasteiger partial charge < -0.3 is 63.8 Å². The van der Waals surface area contributed by atoms with E-state index in [-0.39, 0.29) is 196 Å². The maximum Gasteiger partial charge on any atom is 0.258 e. The van der Waals surface area contributed by atoms with Crippen LogP contribution < -0.4 is 50.3 Å². The highest BCUT2D eigenvalue weighted by Gasteiger charge is 2.72. The van der Waals surface area contributed by atoms with Crippen LogP contribution in [-0.4, -0.2) is 142 Å². The van der Waals surface area contributed by atoms with E-state index in [1.54, 1.807) is 55.9 Å². The first-order valence-electron chi connectivity index (χ1n) is 44.6. The highest BCUT2D eigenvalue weighted by molar-refractivity contribution is 7.12.